The average molecular weight is 370 g/mol. The first kappa shape index (κ1) is 20.8. The summed E-state index contributed by atoms with van der Waals surface area (Å²) in [4.78, 5) is 32.6. The summed E-state index contributed by atoms with van der Waals surface area (Å²) in [6, 6.07) is 0. The summed E-state index contributed by atoms with van der Waals surface area (Å²) in [7, 11) is 0. The monoisotopic (exact) mass is 370 g/mol. The second kappa shape index (κ2) is 8.05. The van der Waals surface area contributed by atoms with Gasteiger partial charge >= 0.3 is 12.3 Å². The molecule has 2 aliphatic rings. The van der Waals surface area contributed by atoms with Crippen LogP contribution in [0, 0.1) is 22.7 Å². The van der Waals surface area contributed by atoms with Crippen molar-refractivity contribution in [3.05, 3.63) is 0 Å². The molecule has 2 fully saturated rings. The SMILES string of the molecule is CC1CC(OC(=O)OOC(=O)O[C@@H]2C[C@H](C)CC(C)(C)C2)CC(C)(C)C1. The molecule has 0 amide bonds. The van der Waals surface area contributed by atoms with Gasteiger partial charge in [-0.05, 0) is 61.2 Å². The minimum absolute atomic E-state index is 0.118. The zero-order valence-electron chi connectivity index (χ0n) is 17.0. The van der Waals surface area contributed by atoms with E-state index in [4.69, 9.17) is 9.47 Å². The molecule has 0 aromatic rings. The summed E-state index contributed by atoms with van der Waals surface area (Å²) in [5.41, 5.74) is 0.236. The topological polar surface area (TPSA) is 71.1 Å². The zero-order chi connectivity index (χ0) is 19.5. The maximum Gasteiger partial charge on any atom is 0.550 e. The molecule has 0 bridgehead atoms. The van der Waals surface area contributed by atoms with Gasteiger partial charge in [-0.3, -0.25) is 0 Å². The Hall–Kier alpha value is -1.46. The number of hydrogen-bond acceptors (Lipinski definition) is 6. The maximum absolute atomic E-state index is 11.8. The normalized spacial score (nSPS) is 33.0. The fourth-order valence-electron chi connectivity index (χ4n) is 5.08. The fraction of sp³-hybridized carbons (Fsp3) is 0.900. The van der Waals surface area contributed by atoms with Crippen molar-refractivity contribution >= 4 is 12.3 Å². The second-order valence-electron chi connectivity index (χ2n) is 9.97. The summed E-state index contributed by atoms with van der Waals surface area (Å²) >= 11 is 0. The summed E-state index contributed by atoms with van der Waals surface area (Å²) in [5.74, 6) is 0.943. The van der Waals surface area contributed by atoms with Gasteiger partial charge in [0, 0.05) is 0 Å². The average Bonchev–Trinajstić information content (AvgIpc) is 2.40. The van der Waals surface area contributed by atoms with Gasteiger partial charge in [0.15, 0.2) is 0 Å². The van der Waals surface area contributed by atoms with Gasteiger partial charge in [0.25, 0.3) is 0 Å². The van der Waals surface area contributed by atoms with E-state index in [1.165, 1.54) is 0 Å². The molecular formula is C20H34O6. The van der Waals surface area contributed by atoms with Crippen LogP contribution in [0.2, 0.25) is 0 Å². The van der Waals surface area contributed by atoms with E-state index in [2.05, 4.69) is 51.3 Å². The Bertz CT molecular complexity index is 466. The van der Waals surface area contributed by atoms with E-state index in [0.717, 1.165) is 38.5 Å². The van der Waals surface area contributed by atoms with Gasteiger partial charge in [0.2, 0.25) is 0 Å². The van der Waals surface area contributed by atoms with Crippen molar-refractivity contribution in [2.45, 2.75) is 92.3 Å². The molecule has 26 heavy (non-hydrogen) atoms. The molecular weight excluding hydrogens is 336 g/mol. The number of hydrogen-bond donors (Lipinski definition) is 0. The molecule has 0 saturated heterocycles. The van der Waals surface area contributed by atoms with Crippen LogP contribution >= 0.6 is 0 Å². The quantitative estimate of drug-likeness (QED) is 0.356. The molecule has 2 saturated carbocycles. The van der Waals surface area contributed by atoms with Gasteiger partial charge in [0.1, 0.15) is 12.2 Å². The Morgan fingerprint density at radius 2 is 1.04 bits per heavy atom. The molecule has 0 N–H and O–H groups in total. The highest BCUT2D eigenvalue weighted by molar-refractivity contribution is 5.63. The lowest BCUT2D eigenvalue weighted by molar-refractivity contribution is -0.229. The Morgan fingerprint density at radius 1 is 0.692 bits per heavy atom. The molecule has 150 valence electrons. The third-order valence-electron chi connectivity index (χ3n) is 5.40. The number of carbonyl (C=O) groups is 2. The molecule has 2 aliphatic carbocycles. The highest BCUT2D eigenvalue weighted by atomic mass is 17.3. The van der Waals surface area contributed by atoms with E-state index in [9.17, 15) is 9.59 Å². The van der Waals surface area contributed by atoms with E-state index < -0.39 is 12.3 Å². The summed E-state index contributed by atoms with van der Waals surface area (Å²) in [6.45, 7) is 12.9. The molecule has 0 aromatic carbocycles. The first-order valence-electron chi connectivity index (χ1n) is 9.70. The van der Waals surface area contributed by atoms with Crippen LogP contribution in [0.5, 0.6) is 0 Å². The Balaban J connectivity index is 1.72. The molecule has 0 aromatic heterocycles. The van der Waals surface area contributed by atoms with Crippen molar-refractivity contribution in [1.82, 2.24) is 0 Å². The van der Waals surface area contributed by atoms with Crippen molar-refractivity contribution in [2.75, 3.05) is 0 Å². The fourth-order valence-corrected chi connectivity index (χ4v) is 5.08. The first-order valence-corrected chi connectivity index (χ1v) is 9.70. The lowest BCUT2D eigenvalue weighted by Crippen LogP contribution is -2.35. The highest BCUT2D eigenvalue weighted by Crippen LogP contribution is 2.40. The Morgan fingerprint density at radius 3 is 1.35 bits per heavy atom. The van der Waals surface area contributed by atoms with E-state index in [1.807, 2.05) is 0 Å². The van der Waals surface area contributed by atoms with Gasteiger partial charge in [-0.1, -0.05) is 41.5 Å². The van der Waals surface area contributed by atoms with E-state index in [0.29, 0.717) is 11.8 Å². The third kappa shape index (κ3) is 6.69. The minimum atomic E-state index is -0.991. The molecule has 4 atom stereocenters. The smallest absolute Gasteiger partial charge is 0.428 e. The number of carbonyl (C=O) groups excluding carboxylic acids is 2. The van der Waals surface area contributed by atoms with Gasteiger partial charge in [-0.15, -0.1) is 0 Å². The number of rotatable bonds is 2. The predicted molar refractivity (Wildman–Crippen MR) is 96.3 cm³/mol. The molecule has 0 spiro atoms. The van der Waals surface area contributed by atoms with Crippen LogP contribution in [-0.4, -0.2) is 24.5 Å². The van der Waals surface area contributed by atoms with Gasteiger partial charge in [-0.2, -0.15) is 19.4 Å². The van der Waals surface area contributed by atoms with Crippen LogP contribution in [0.3, 0.4) is 0 Å². The molecule has 2 rings (SSSR count). The molecule has 0 aliphatic heterocycles. The summed E-state index contributed by atoms with van der Waals surface area (Å²) in [6.07, 6.45) is 2.89. The number of ether oxygens (including phenoxy) is 2. The Labute approximate surface area is 156 Å². The summed E-state index contributed by atoms with van der Waals surface area (Å²) in [5, 5.41) is 0. The van der Waals surface area contributed by atoms with E-state index in [1.54, 1.807) is 0 Å². The van der Waals surface area contributed by atoms with Crippen molar-refractivity contribution in [1.29, 1.82) is 0 Å². The van der Waals surface area contributed by atoms with Crippen LogP contribution in [0.4, 0.5) is 9.59 Å². The van der Waals surface area contributed by atoms with Crippen LogP contribution in [0.25, 0.3) is 0 Å². The van der Waals surface area contributed by atoms with E-state index in [-0.39, 0.29) is 23.0 Å². The molecule has 6 heteroatoms. The standard InChI is InChI=1S/C20H34O6/c1-13-7-15(11-19(3,4)9-13)23-17(21)25-26-18(22)24-16-8-14(2)10-20(5,6)12-16/h13-16H,7-12H2,1-6H3/t13-,14?,15+,16?/m0/s1. The molecule has 0 radical (unpaired) electrons. The van der Waals surface area contributed by atoms with Gasteiger partial charge in [-0.25, -0.2) is 0 Å². The molecule has 0 heterocycles. The maximum atomic E-state index is 11.8. The minimum Gasteiger partial charge on any atom is -0.428 e. The van der Waals surface area contributed by atoms with E-state index >= 15 is 0 Å². The van der Waals surface area contributed by atoms with Crippen molar-refractivity contribution < 1.29 is 28.8 Å². The lowest BCUT2D eigenvalue weighted by Gasteiger charge is -2.38. The second-order valence-corrected chi connectivity index (χ2v) is 9.97. The van der Waals surface area contributed by atoms with Crippen molar-refractivity contribution in [2.24, 2.45) is 22.7 Å². The zero-order valence-corrected chi connectivity index (χ0v) is 17.0. The third-order valence-corrected chi connectivity index (χ3v) is 5.40. The van der Waals surface area contributed by atoms with Gasteiger partial charge in [0.05, 0.1) is 0 Å². The first-order chi connectivity index (χ1) is 11.9. The van der Waals surface area contributed by atoms with Crippen LogP contribution in [0.1, 0.15) is 80.1 Å². The van der Waals surface area contributed by atoms with Crippen LogP contribution in [-0.2, 0) is 19.2 Å². The van der Waals surface area contributed by atoms with Gasteiger partial charge < -0.3 is 9.47 Å². The van der Waals surface area contributed by atoms with Crippen LogP contribution < -0.4 is 0 Å². The molecule has 6 nitrogen and oxygen atoms in total. The Kier molecular flexibility index (Phi) is 6.46. The van der Waals surface area contributed by atoms with Crippen molar-refractivity contribution in [3.63, 3.8) is 0 Å². The van der Waals surface area contributed by atoms with Crippen molar-refractivity contribution in [3.8, 4) is 0 Å². The largest absolute Gasteiger partial charge is 0.550 e. The highest BCUT2D eigenvalue weighted by Gasteiger charge is 2.36. The summed E-state index contributed by atoms with van der Waals surface area (Å²) < 4.78 is 10.6. The lowest BCUT2D eigenvalue weighted by atomic mass is 9.71. The predicted octanol–water partition coefficient (Wildman–Crippen LogP) is 5.64. The van der Waals surface area contributed by atoms with Crippen LogP contribution in [0.15, 0.2) is 0 Å². The molecule has 2 unspecified atom stereocenters.